The minimum atomic E-state index is 0.309. The number of nitrogens with one attached hydrogen (secondary N) is 1. The van der Waals surface area contributed by atoms with E-state index in [2.05, 4.69) is 34.2 Å². The average molecular weight is 296 g/mol. The SMILES string of the molecule is CC(C)CCCOc1nc(NN)nc(N2CCOCC2)n1. The smallest absolute Gasteiger partial charge is 0.323 e. The van der Waals surface area contributed by atoms with E-state index >= 15 is 0 Å². The van der Waals surface area contributed by atoms with Crippen molar-refractivity contribution in [2.45, 2.75) is 26.7 Å². The van der Waals surface area contributed by atoms with Crippen molar-refractivity contribution in [2.75, 3.05) is 43.2 Å². The second-order valence-electron chi connectivity index (χ2n) is 5.37. The molecule has 21 heavy (non-hydrogen) atoms. The third-order valence-electron chi connectivity index (χ3n) is 3.18. The van der Waals surface area contributed by atoms with E-state index in [4.69, 9.17) is 15.3 Å². The van der Waals surface area contributed by atoms with Crippen LogP contribution in [0.2, 0.25) is 0 Å². The molecule has 0 amide bonds. The van der Waals surface area contributed by atoms with Crippen LogP contribution in [0, 0.1) is 5.92 Å². The Balaban J connectivity index is 1.99. The van der Waals surface area contributed by atoms with E-state index in [1.165, 1.54) is 0 Å². The van der Waals surface area contributed by atoms with E-state index in [0.717, 1.165) is 25.9 Å². The van der Waals surface area contributed by atoms with Crippen molar-refractivity contribution in [1.29, 1.82) is 0 Å². The van der Waals surface area contributed by atoms with Crippen LogP contribution >= 0.6 is 0 Å². The lowest BCUT2D eigenvalue weighted by Crippen LogP contribution is -2.37. The van der Waals surface area contributed by atoms with Crippen LogP contribution in [0.15, 0.2) is 0 Å². The van der Waals surface area contributed by atoms with Crippen molar-refractivity contribution in [3.63, 3.8) is 0 Å². The normalized spacial score (nSPS) is 15.3. The van der Waals surface area contributed by atoms with E-state index in [1.54, 1.807) is 0 Å². The molecule has 0 radical (unpaired) electrons. The van der Waals surface area contributed by atoms with Crippen LogP contribution in [-0.4, -0.2) is 47.9 Å². The lowest BCUT2D eigenvalue weighted by Gasteiger charge is -2.26. The Morgan fingerprint density at radius 3 is 2.71 bits per heavy atom. The first kappa shape index (κ1) is 15.7. The largest absolute Gasteiger partial charge is 0.463 e. The summed E-state index contributed by atoms with van der Waals surface area (Å²) >= 11 is 0. The summed E-state index contributed by atoms with van der Waals surface area (Å²) in [6.07, 6.45) is 2.09. The molecule has 1 fully saturated rings. The zero-order chi connectivity index (χ0) is 15.1. The van der Waals surface area contributed by atoms with Gasteiger partial charge in [0, 0.05) is 13.1 Å². The minimum Gasteiger partial charge on any atom is -0.463 e. The summed E-state index contributed by atoms with van der Waals surface area (Å²) in [5.74, 6) is 6.95. The Morgan fingerprint density at radius 2 is 2.05 bits per heavy atom. The van der Waals surface area contributed by atoms with Gasteiger partial charge in [0.25, 0.3) is 0 Å². The monoisotopic (exact) mass is 296 g/mol. The Morgan fingerprint density at radius 1 is 1.29 bits per heavy atom. The van der Waals surface area contributed by atoms with Crippen molar-refractivity contribution in [1.82, 2.24) is 15.0 Å². The van der Waals surface area contributed by atoms with Crippen molar-refractivity contribution >= 4 is 11.9 Å². The fourth-order valence-corrected chi connectivity index (χ4v) is 2.03. The molecule has 0 bridgehead atoms. The molecule has 2 heterocycles. The molecule has 1 aromatic heterocycles. The summed E-state index contributed by atoms with van der Waals surface area (Å²) in [4.78, 5) is 14.8. The molecule has 1 aromatic rings. The molecule has 8 heteroatoms. The molecule has 0 aliphatic carbocycles. The fourth-order valence-electron chi connectivity index (χ4n) is 2.03. The lowest BCUT2D eigenvalue weighted by atomic mass is 10.1. The van der Waals surface area contributed by atoms with Gasteiger partial charge in [-0.1, -0.05) is 13.8 Å². The molecule has 0 unspecified atom stereocenters. The Hall–Kier alpha value is -1.67. The topological polar surface area (TPSA) is 98.4 Å². The number of morpholine rings is 1. The molecule has 0 saturated carbocycles. The highest BCUT2D eigenvalue weighted by molar-refractivity contribution is 5.37. The summed E-state index contributed by atoms with van der Waals surface area (Å²) in [5.41, 5.74) is 2.46. The van der Waals surface area contributed by atoms with E-state index in [0.29, 0.717) is 43.6 Å². The maximum atomic E-state index is 5.61. The number of nitrogens with zero attached hydrogens (tertiary/aromatic N) is 4. The van der Waals surface area contributed by atoms with Gasteiger partial charge < -0.3 is 14.4 Å². The van der Waals surface area contributed by atoms with Gasteiger partial charge in [-0.25, -0.2) is 5.84 Å². The number of rotatable bonds is 7. The molecule has 0 atom stereocenters. The van der Waals surface area contributed by atoms with Gasteiger partial charge in [0.1, 0.15) is 0 Å². The van der Waals surface area contributed by atoms with Gasteiger partial charge in [-0.2, -0.15) is 15.0 Å². The quantitative estimate of drug-likeness (QED) is 0.433. The van der Waals surface area contributed by atoms with E-state index in [-0.39, 0.29) is 0 Å². The lowest BCUT2D eigenvalue weighted by molar-refractivity contribution is 0.122. The number of nitrogen functional groups attached to an aromatic ring is 1. The second kappa shape index (κ2) is 7.94. The van der Waals surface area contributed by atoms with Gasteiger partial charge in [0.15, 0.2) is 0 Å². The van der Waals surface area contributed by atoms with Gasteiger partial charge in [-0.15, -0.1) is 0 Å². The average Bonchev–Trinajstić information content (AvgIpc) is 2.52. The van der Waals surface area contributed by atoms with Crippen LogP contribution < -0.4 is 20.9 Å². The first-order chi connectivity index (χ1) is 10.2. The van der Waals surface area contributed by atoms with Crippen LogP contribution in [0.3, 0.4) is 0 Å². The third kappa shape index (κ3) is 4.98. The van der Waals surface area contributed by atoms with Crippen LogP contribution in [0.4, 0.5) is 11.9 Å². The summed E-state index contributed by atoms with van der Waals surface area (Å²) in [7, 11) is 0. The molecule has 1 saturated heterocycles. The number of hydrogen-bond acceptors (Lipinski definition) is 8. The first-order valence-electron chi connectivity index (χ1n) is 7.37. The van der Waals surface area contributed by atoms with Crippen molar-refractivity contribution < 1.29 is 9.47 Å². The first-order valence-corrected chi connectivity index (χ1v) is 7.37. The molecule has 8 nitrogen and oxygen atoms in total. The fraction of sp³-hybridized carbons (Fsp3) is 0.769. The van der Waals surface area contributed by atoms with Crippen LogP contribution in [0.25, 0.3) is 0 Å². The molecule has 1 aliphatic rings. The Bertz CT molecular complexity index is 437. The molecular formula is C13H24N6O2. The number of hydrazine groups is 1. The van der Waals surface area contributed by atoms with Crippen molar-refractivity contribution in [3.05, 3.63) is 0 Å². The number of nitrogens with two attached hydrogens (primary N) is 1. The van der Waals surface area contributed by atoms with Gasteiger partial charge >= 0.3 is 6.01 Å². The highest BCUT2D eigenvalue weighted by Gasteiger charge is 2.16. The molecule has 2 rings (SSSR count). The molecule has 3 N–H and O–H groups in total. The van der Waals surface area contributed by atoms with E-state index in [1.807, 2.05) is 4.90 Å². The predicted octanol–water partition coefficient (Wildman–Crippen LogP) is 0.809. The number of hydrogen-bond donors (Lipinski definition) is 2. The van der Waals surface area contributed by atoms with Crippen LogP contribution in [0.1, 0.15) is 26.7 Å². The van der Waals surface area contributed by atoms with Gasteiger partial charge in [0.2, 0.25) is 11.9 Å². The number of ether oxygens (including phenoxy) is 2. The summed E-state index contributed by atoms with van der Waals surface area (Å²) in [6, 6.07) is 0.309. The molecule has 118 valence electrons. The molecule has 1 aliphatic heterocycles. The van der Waals surface area contributed by atoms with Crippen molar-refractivity contribution in [3.8, 4) is 6.01 Å². The van der Waals surface area contributed by atoms with Gasteiger partial charge in [0.05, 0.1) is 19.8 Å². The summed E-state index contributed by atoms with van der Waals surface area (Å²) in [5, 5.41) is 0. The van der Waals surface area contributed by atoms with Crippen LogP contribution in [-0.2, 0) is 4.74 Å². The van der Waals surface area contributed by atoms with Gasteiger partial charge in [-0.05, 0) is 18.8 Å². The standard InChI is InChI=1S/C13H24N6O2/c1-10(2)4-3-7-21-13-16-11(18-14)15-12(17-13)19-5-8-20-9-6-19/h10H,3-9,14H2,1-2H3,(H,15,16,17,18). The highest BCUT2D eigenvalue weighted by atomic mass is 16.5. The zero-order valence-electron chi connectivity index (χ0n) is 12.7. The summed E-state index contributed by atoms with van der Waals surface area (Å²) in [6.45, 7) is 7.81. The van der Waals surface area contributed by atoms with Crippen molar-refractivity contribution in [2.24, 2.45) is 11.8 Å². The summed E-state index contributed by atoms with van der Waals surface area (Å²) < 4.78 is 10.9. The Kier molecular flexibility index (Phi) is 5.94. The van der Waals surface area contributed by atoms with Gasteiger partial charge in [-0.3, -0.25) is 5.43 Å². The number of anilines is 2. The molecule has 0 spiro atoms. The zero-order valence-corrected chi connectivity index (χ0v) is 12.7. The Labute approximate surface area is 125 Å². The minimum absolute atomic E-state index is 0.309. The highest BCUT2D eigenvalue weighted by Crippen LogP contribution is 2.16. The van der Waals surface area contributed by atoms with E-state index < -0.39 is 0 Å². The molecular weight excluding hydrogens is 272 g/mol. The number of aromatic nitrogens is 3. The third-order valence-corrected chi connectivity index (χ3v) is 3.18. The second-order valence-corrected chi connectivity index (χ2v) is 5.37. The predicted molar refractivity (Wildman–Crippen MR) is 80.2 cm³/mol. The maximum Gasteiger partial charge on any atom is 0.323 e. The van der Waals surface area contributed by atoms with Crippen LogP contribution in [0.5, 0.6) is 6.01 Å². The molecule has 0 aromatic carbocycles. The maximum absolute atomic E-state index is 5.61. The van der Waals surface area contributed by atoms with E-state index in [9.17, 15) is 0 Å².